The SMILES string of the molecule is Oc1c(O)c2ccccc2c2ccccc12. The molecule has 0 aliphatic rings. The lowest BCUT2D eigenvalue weighted by atomic mass is 10.0. The Morgan fingerprint density at radius 2 is 0.812 bits per heavy atom. The number of rotatable bonds is 0. The lowest BCUT2D eigenvalue weighted by molar-refractivity contribution is 0.412. The molecule has 0 bridgehead atoms. The number of aromatic hydroxyl groups is 2. The second-order valence-corrected chi connectivity index (χ2v) is 3.79. The third-order valence-electron chi connectivity index (χ3n) is 2.88. The van der Waals surface area contributed by atoms with Crippen molar-refractivity contribution in [3.05, 3.63) is 48.5 Å². The summed E-state index contributed by atoms with van der Waals surface area (Å²) in [6.07, 6.45) is 0. The smallest absolute Gasteiger partial charge is 0.166 e. The van der Waals surface area contributed by atoms with Crippen LogP contribution < -0.4 is 0 Å². The molecule has 0 spiro atoms. The van der Waals surface area contributed by atoms with Crippen LogP contribution >= 0.6 is 0 Å². The predicted octanol–water partition coefficient (Wildman–Crippen LogP) is 3.40. The van der Waals surface area contributed by atoms with E-state index in [0.29, 0.717) is 10.8 Å². The molecule has 2 nitrogen and oxygen atoms in total. The molecule has 0 aromatic heterocycles. The first-order chi connectivity index (χ1) is 7.79. The van der Waals surface area contributed by atoms with Crippen molar-refractivity contribution >= 4 is 21.5 Å². The molecule has 0 heterocycles. The zero-order valence-electron chi connectivity index (χ0n) is 8.51. The minimum atomic E-state index is -0.0469. The van der Waals surface area contributed by atoms with Crippen LogP contribution in [0, 0.1) is 0 Å². The van der Waals surface area contributed by atoms with Crippen molar-refractivity contribution in [3.63, 3.8) is 0 Å². The summed E-state index contributed by atoms with van der Waals surface area (Å²) >= 11 is 0. The number of hydrogen-bond acceptors (Lipinski definition) is 2. The van der Waals surface area contributed by atoms with Gasteiger partial charge < -0.3 is 10.2 Å². The molecule has 0 saturated heterocycles. The highest BCUT2D eigenvalue weighted by molar-refractivity contribution is 6.13. The largest absolute Gasteiger partial charge is 0.504 e. The molecule has 0 unspecified atom stereocenters. The van der Waals surface area contributed by atoms with E-state index in [1.807, 2.05) is 36.4 Å². The predicted molar refractivity (Wildman–Crippen MR) is 64.8 cm³/mol. The summed E-state index contributed by atoms with van der Waals surface area (Å²) in [5.41, 5.74) is 0. The summed E-state index contributed by atoms with van der Waals surface area (Å²) in [6, 6.07) is 15.0. The van der Waals surface area contributed by atoms with Crippen LogP contribution in [-0.4, -0.2) is 10.2 Å². The monoisotopic (exact) mass is 210 g/mol. The Bertz CT molecular complexity index is 626. The van der Waals surface area contributed by atoms with Crippen LogP contribution in [0.25, 0.3) is 21.5 Å². The maximum Gasteiger partial charge on any atom is 0.166 e. The van der Waals surface area contributed by atoms with Crippen molar-refractivity contribution in [1.82, 2.24) is 0 Å². The number of hydrogen-bond donors (Lipinski definition) is 2. The minimum absolute atomic E-state index is 0.0469. The zero-order valence-corrected chi connectivity index (χ0v) is 8.51. The molecular weight excluding hydrogens is 200 g/mol. The fourth-order valence-corrected chi connectivity index (χ4v) is 2.10. The third kappa shape index (κ3) is 1.07. The maximum atomic E-state index is 9.91. The second-order valence-electron chi connectivity index (χ2n) is 3.79. The van der Waals surface area contributed by atoms with Gasteiger partial charge in [-0.15, -0.1) is 0 Å². The Kier molecular flexibility index (Phi) is 1.77. The van der Waals surface area contributed by atoms with Crippen LogP contribution in [0.4, 0.5) is 0 Å². The number of phenolic OH excluding ortho intramolecular Hbond substituents is 2. The first-order valence-corrected chi connectivity index (χ1v) is 5.10. The number of fused-ring (bicyclic) bond motifs is 3. The number of phenols is 2. The molecule has 0 saturated carbocycles. The van der Waals surface area contributed by atoms with Gasteiger partial charge in [-0.05, 0) is 10.8 Å². The van der Waals surface area contributed by atoms with Crippen LogP contribution in [0.5, 0.6) is 11.5 Å². The van der Waals surface area contributed by atoms with Crippen molar-refractivity contribution in [3.8, 4) is 11.5 Å². The highest BCUT2D eigenvalue weighted by Crippen LogP contribution is 2.41. The summed E-state index contributed by atoms with van der Waals surface area (Å²) in [7, 11) is 0. The average molecular weight is 210 g/mol. The summed E-state index contributed by atoms with van der Waals surface area (Å²) < 4.78 is 0. The average Bonchev–Trinajstić information content (AvgIpc) is 2.36. The van der Waals surface area contributed by atoms with Gasteiger partial charge in [-0.2, -0.15) is 0 Å². The molecule has 0 amide bonds. The van der Waals surface area contributed by atoms with E-state index in [9.17, 15) is 10.2 Å². The van der Waals surface area contributed by atoms with Gasteiger partial charge in [-0.25, -0.2) is 0 Å². The van der Waals surface area contributed by atoms with Crippen LogP contribution in [0.2, 0.25) is 0 Å². The van der Waals surface area contributed by atoms with Gasteiger partial charge in [0, 0.05) is 10.8 Å². The van der Waals surface area contributed by atoms with E-state index >= 15 is 0 Å². The van der Waals surface area contributed by atoms with Crippen molar-refractivity contribution in [2.45, 2.75) is 0 Å². The van der Waals surface area contributed by atoms with Gasteiger partial charge >= 0.3 is 0 Å². The fourth-order valence-electron chi connectivity index (χ4n) is 2.10. The summed E-state index contributed by atoms with van der Waals surface area (Å²) in [6.45, 7) is 0. The van der Waals surface area contributed by atoms with E-state index in [4.69, 9.17) is 0 Å². The molecule has 0 fully saturated rings. The van der Waals surface area contributed by atoms with Crippen molar-refractivity contribution in [2.24, 2.45) is 0 Å². The molecule has 3 rings (SSSR count). The Morgan fingerprint density at radius 3 is 1.19 bits per heavy atom. The lowest BCUT2D eigenvalue weighted by Crippen LogP contribution is -1.80. The van der Waals surface area contributed by atoms with Crippen molar-refractivity contribution in [1.29, 1.82) is 0 Å². The fraction of sp³-hybridized carbons (Fsp3) is 0. The van der Waals surface area contributed by atoms with E-state index in [-0.39, 0.29) is 11.5 Å². The van der Waals surface area contributed by atoms with Gasteiger partial charge in [0.1, 0.15) is 0 Å². The minimum Gasteiger partial charge on any atom is -0.504 e. The second kappa shape index (κ2) is 3.14. The Balaban J connectivity index is 2.69. The molecule has 0 atom stereocenters. The highest BCUT2D eigenvalue weighted by Gasteiger charge is 2.11. The van der Waals surface area contributed by atoms with Crippen LogP contribution in [0.3, 0.4) is 0 Å². The van der Waals surface area contributed by atoms with Crippen molar-refractivity contribution in [2.75, 3.05) is 0 Å². The quantitative estimate of drug-likeness (QED) is 0.441. The Labute approximate surface area is 92.4 Å². The number of benzene rings is 3. The van der Waals surface area contributed by atoms with E-state index in [1.165, 1.54) is 0 Å². The van der Waals surface area contributed by atoms with E-state index < -0.39 is 0 Å². The molecular formula is C14H10O2. The van der Waals surface area contributed by atoms with E-state index in [2.05, 4.69) is 0 Å². The lowest BCUT2D eigenvalue weighted by Gasteiger charge is -2.08. The van der Waals surface area contributed by atoms with Gasteiger partial charge in [0.15, 0.2) is 11.5 Å². The van der Waals surface area contributed by atoms with Crippen molar-refractivity contribution < 1.29 is 10.2 Å². The molecule has 3 aromatic carbocycles. The first kappa shape index (κ1) is 9.04. The maximum absolute atomic E-state index is 9.91. The molecule has 3 aromatic rings. The van der Waals surface area contributed by atoms with E-state index in [0.717, 1.165) is 10.8 Å². The molecule has 0 aliphatic carbocycles. The molecule has 78 valence electrons. The molecule has 0 aliphatic heterocycles. The molecule has 2 heteroatoms. The first-order valence-electron chi connectivity index (χ1n) is 5.10. The Morgan fingerprint density at radius 1 is 0.500 bits per heavy atom. The Hall–Kier alpha value is -2.22. The van der Waals surface area contributed by atoms with Crippen LogP contribution in [-0.2, 0) is 0 Å². The van der Waals surface area contributed by atoms with Gasteiger partial charge in [0.2, 0.25) is 0 Å². The summed E-state index contributed by atoms with van der Waals surface area (Å²) in [4.78, 5) is 0. The molecule has 16 heavy (non-hydrogen) atoms. The zero-order chi connectivity index (χ0) is 11.1. The van der Waals surface area contributed by atoms with Gasteiger partial charge in [0.05, 0.1) is 0 Å². The topological polar surface area (TPSA) is 40.5 Å². The normalized spacial score (nSPS) is 11.0. The molecule has 2 N–H and O–H groups in total. The third-order valence-corrected chi connectivity index (χ3v) is 2.88. The summed E-state index contributed by atoms with van der Waals surface area (Å²) in [5.74, 6) is -0.0939. The molecule has 0 radical (unpaired) electrons. The van der Waals surface area contributed by atoms with Crippen LogP contribution in [0.1, 0.15) is 0 Å². The van der Waals surface area contributed by atoms with E-state index in [1.54, 1.807) is 12.1 Å². The summed E-state index contributed by atoms with van der Waals surface area (Å²) in [5, 5.41) is 23.1. The van der Waals surface area contributed by atoms with Gasteiger partial charge in [0.25, 0.3) is 0 Å². The van der Waals surface area contributed by atoms with Crippen LogP contribution in [0.15, 0.2) is 48.5 Å². The van der Waals surface area contributed by atoms with Gasteiger partial charge in [-0.1, -0.05) is 48.5 Å². The van der Waals surface area contributed by atoms with Gasteiger partial charge in [-0.3, -0.25) is 0 Å². The highest BCUT2D eigenvalue weighted by atomic mass is 16.3. The standard InChI is InChI=1S/C14H10O2/c15-13-11-7-3-1-5-9(11)10-6-2-4-8-12(10)14(13)16/h1-8,15-16H.